The number of nitrogens with two attached hydrogens (primary N) is 1. The zero-order chi connectivity index (χ0) is 21.4. The molecule has 1 heterocycles. The summed E-state index contributed by atoms with van der Waals surface area (Å²) in [4.78, 5) is 25.5. The fourth-order valence-electron chi connectivity index (χ4n) is 4.31. The Kier molecular flexibility index (Phi) is 4.84. The minimum absolute atomic E-state index is 0.0153. The number of benzene rings is 2. The van der Waals surface area contributed by atoms with Gasteiger partial charge < -0.3 is 5.73 Å². The molecule has 2 N–H and O–H groups in total. The van der Waals surface area contributed by atoms with Gasteiger partial charge in [-0.2, -0.15) is 5.26 Å². The molecule has 30 heavy (non-hydrogen) atoms. The maximum Gasteiger partial charge on any atom is 0.271 e. The summed E-state index contributed by atoms with van der Waals surface area (Å²) in [5, 5.41) is 21.3. The molecular formula is C23H20N4O3. The summed E-state index contributed by atoms with van der Waals surface area (Å²) in [5.41, 5.74) is 10.3. The van der Waals surface area contributed by atoms with Crippen molar-refractivity contribution in [3.8, 4) is 6.07 Å². The quantitative estimate of drug-likeness (QED) is 0.610. The summed E-state index contributed by atoms with van der Waals surface area (Å²) < 4.78 is 0. The maximum absolute atomic E-state index is 13.1. The Morgan fingerprint density at radius 1 is 1.20 bits per heavy atom. The van der Waals surface area contributed by atoms with Gasteiger partial charge >= 0.3 is 0 Å². The van der Waals surface area contributed by atoms with Crippen molar-refractivity contribution in [2.24, 2.45) is 5.73 Å². The van der Waals surface area contributed by atoms with Crippen LogP contribution in [-0.2, 0) is 4.79 Å². The number of allylic oxidation sites excluding steroid dienone is 3. The Morgan fingerprint density at radius 2 is 1.97 bits per heavy atom. The number of nitro benzene ring substituents is 1. The highest BCUT2D eigenvalue weighted by Crippen LogP contribution is 2.46. The fraction of sp³-hybridized carbons (Fsp3) is 0.217. The molecule has 150 valence electrons. The number of nitriles is 1. The molecule has 2 aliphatic rings. The molecule has 1 atom stereocenters. The van der Waals surface area contributed by atoms with Gasteiger partial charge in [0.2, 0.25) is 0 Å². The molecule has 2 aromatic rings. The monoisotopic (exact) mass is 400 g/mol. The number of carbonyl (C=O) groups is 1. The summed E-state index contributed by atoms with van der Waals surface area (Å²) >= 11 is 0. The van der Waals surface area contributed by atoms with Crippen LogP contribution in [0.2, 0.25) is 0 Å². The third-order valence-corrected chi connectivity index (χ3v) is 5.59. The Hall–Kier alpha value is -3.92. The van der Waals surface area contributed by atoms with Gasteiger partial charge in [0.25, 0.3) is 5.69 Å². The molecule has 0 radical (unpaired) electrons. The highest BCUT2D eigenvalue weighted by molar-refractivity contribution is 6.01. The number of ketones is 1. The maximum atomic E-state index is 13.1. The first-order chi connectivity index (χ1) is 14.4. The van der Waals surface area contributed by atoms with Crippen molar-refractivity contribution < 1.29 is 9.72 Å². The van der Waals surface area contributed by atoms with Crippen molar-refractivity contribution in [3.63, 3.8) is 0 Å². The number of carbonyl (C=O) groups excluding carboxylic acids is 1. The number of hydrogen-bond acceptors (Lipinski definition) is 6. The summed E-state index contributed by atoms with van der Waals surface area (Å²) in [6.45, 7) is 1.96. The molecule has 2 aromatic carbocycles. The van der Waals surface area contributed by atoms with Gasteiger partial charge in [0.15, 0.2) is 5.78 Å². The van der Waals surface area contributed by atoms with Crippen molar-refractivity contribution in [2.45, 2.75) is 32.1 Å². The number of nitrogens with zero attached hydrogens (tertiary/aromatic N) is 3. The number of Topliss-reactive ketones (excluding diaryl/α,β-unsaturated/α-hetero) is 1. The molecule has 4 rings (SSSR count). The van der Waals surface area contributed by atoms with Crippen molar-refractivity contribution >= 4 is 17.2 Å². The van der Waals surface area contributed by atoms with Crippen LogP contribution < -0.4 is 10.6 Å². The highest BCUT2D eigenvalue weighted by Gasteiger charge is 2.40. The van der Waals surface area contributed by atoms with Gasteiger partial charge in [0, 0.05) is 29.8 Å². The zero-order valence-electron chi connectivity index (χ0n) is 16.5. The molecule has 1 aliphatic heterocycles. The van der Waals surface area contributed by atoms with Crippen LogP contribution in [-0.4, -0.2) is 10.7 Å². The topological polar surface area (TPSA) is 113 Å². The van der Waals surface area contributed by atoms with Gasteiger partial charge in [-0.05, 0) is 31.4 Å². The van der Waals surface area contributed by atoms with Crippen LogP contribution in [0, 0.1) is 28.4 Å². The van der Waals surface area contributed by atoms with Gasteiger partial charge in [0.1, 0.15) is 5.82 Å². The van der Waals surface area contributed by atoms with E-state index in [1.807, 2.05) is 31.2 Å². The lowest BCUT2D eigenvalue weighted by Gasteiger charge is -2.39. The van der Waals surface area contributed by atoms with E-state index in [-0.39, 0.29) is 22.9 Å². The van der Waals surface area contributed by atoms with E-state index in [4.69, 9.17) is 5.73 Å². The summed E-state index contributed by atoms with van der Waals surface area (Å²) in [6, 6.07) is 16.0. The number of anilines is 1. The van der Waals surface area contributed by atoms with E-state index >= 15 is 0 Å². The summed E-state index contributed by atoms with van der Waals surface area (Å²) in [7, 11) is 0. The van der Waals surface area contributed by atoms with Crippen molar-refractivity contribution in [2.75, 3.05) is 4.90 Å². The lowest BCUT2D eigenvalue weighted by atomic mass is 9.75. The third-order valence-electron chi connectivity index (χ3n) is 5.59. The lowest BCUT2D eigenvalue weighted by Crippen LogP contribution is -2.38. The molecule has 0 saturated heterocycles. The molecular weight excluding hydrogens is 380 g/mol. The van der Waals surface area contributed by atoms with Gasteiger partial charge in [-0.3, -0.25) is 19.8 Å². The SMILES string of the molecule is Cc1cccc([C@@H]2C(C#N)=C(N)N(c3cccc([N+](=O)[O-])c3)C3=C2C(=O)CCC3)c1. The normalized spacial score (nSPS) is 18.9. The molecule has 0 fully saturated rings. The van der Waals surface area contributed by atoms with Crippen molar-refractivity contribution in [3.05, 3.63) is 92.4 Å². The molecule has 7 nitrogen and oxygen atoms in total. The molecule has 1 aliphatic carbocycles. The van der Waals surface area contributed by atoms with Crippen LogP contribution in [0.25, 0.3) is 0 Å². The second kappa shape index (κ2) is 7.48. The van der Waals surface area contributed by atoms with Crippen molar-refractivity contribution in [1.82, 2.24) is 0 Å². The first-order valence-electron chi connectivity index (χ1n) is 9.69. The molecule has 0 unspecified atom stereocenters. The van der Waals surface area contributed by atoms with Gasteiger partial charge in [0.05, 0.1) is 28.2 Å². The van der Waals surface area contributed by atoms with E-state index in [0.717, 1.165) is 16.8 Å². The lowest BCUT2D eigenvalue weighted by molar-refractivity contribution is -0.384. The van der Waals surface area contributed by atoms with E-state index in [0.29, 0.717) is 30.5 Å². The van der Waals surface area contributed by atoms with E-state index in [9.17, 15) is 20.2 Å². The van der Waals surface area contributed by atoms with Gasteiger partial charge in [-0.25, -0.2) is 0 Å². The molecule has 0 amide bonds. The second-order valence-corrected chi connectivity index (χ2v) is 7.51. The van der Waals surface area contributed by atoms with E-state index in [1.165, 1.54) is 12.1 Å². The van der Waals surface area contributed by atoms with E-state index in [2.05, 4.69) is 6.07 Å². The van der Waals surface area contributed by atoms with Crippen LogP contribution in [0.15, 0.2) is 71.2 Å². The van der Waals surface area contributed by atoms with Crippen LogP contribution in [0.5, 0.6) is 0 Å². The Labute approximate surface area is 173 Å². The number of rotatable bonds is 3. The number of hydrogen-bond donors (Lipinski definition) is 1. The predicted octanol–water partition coefficient (Wildman–Crippen LogP) is 4.21. The number of non-ortho nitro benzene ring substituents is 1. The summed E-state index contributed by atoms with van der Waals surface area (Å²) in [6.07, 6.45) is 1.67. The number of aryl methyl sites for hydroxylation is 1. The van der Waals surface area contributed by atoms with E-state index < -0.39 is 10.8 Å². The van der Waals surface area contributed by atoms with Gasteiger partial charge in [-0.15, -0.1) is 0 Å². The smallest absolute Gasteiger partial charge is 0.271 e. The Balaban J connectivity index is 1.97. The van der Waals surface area contributed by atoms with Crippen LogP contribution in [0.3, 0.4) is 0 Å². The Morgan fingerprint density at radius 3 is 2.67 bits per heavy atom. The van der Waals surface area contributed by atoms with Gasteiger partial charge in [-0.1, -0.05) is 35.9 Å². The molecule has 0 spiro atoms. The fourth-order valence-corrected chi connectivity index (χ4v) is 4.31. The van der Waals surface area contributed by atoms with E-state index in [1.54, 1.807) is 17.0 Å². The third kappa shape index (κ3) is 3.12. The molecule has 7 heteroatoms. The predicted molar refractivity (Wildman–Crippen MR) is 112 cm³/mol. The highest BCUT2D eigenvalue weighted by atomic mass is 16.6. The summed E-state index contributed by atoms with van der Waals surface area (Å²) in [5.74, 6) is -0.343. The average molecular weight is 400 g/mol. The van der Waals surface area contributed by atoms with Crippen LogP contribution >= 0.6 is 0 Å². The Bertz CT molecular complexity index is 1170. The largest absolute Gasteiger partial charge is 0.384 e. The second-order valence-electron chi connectivity index (χ2n) is 7.51. The zero-order valence-corrected chi connectivity index (χ0v) is 16.5. The first kappa shape index (κ1) is 19.4. The minimum atomic E-state index is -0.535. The number of nitro groups is 1. The average Bonchev–Trinajstić information content (AvgIpc) is 2.73. The van der Waals surface area contributed by atoms with Crippen LogP contribution in [0.4, 0.5) is 11.4 Å². The van der Waals surface area contributed by atoms with Crippen LogP contribution in [0.1, 0.15) is 36.3 Å². The molecule has 0 aromatic heterocycles. The minimum Gasteiger partial charge on any atom is -0.384 e. The first-order valence-corrected chi connectivity index (χ1v) is 9.69. The molecule has 0 bridgehead atoms. The standard InChI is InChI=1S/C23H20N4O3/c1-14-5-2-6-15(11-14)21-18(13-24)23(25)26(19-9-4-10-20(28)22(19)21)16-7-3-8-17(12-16)27(29)30/h2-3,5-8,11-12,21H,4,9-10,25H2,1H3/t21-/m1/s1. The molecule has 0 saturated carbocycles. The van der Waals surface area contributed by atoms with Crippen molar-refractivity contribution in [1.29, 1.82) is 5.26 Å².